The minimum atomic E-state index is -0.529. The number of hydrogen-bond donors (Lipinski definition) is 2. The average Bonchev–Trinajstić information content (AvgIpc) is 2.96. The van der Waals surface area contributed by atoms with Crippen molar-refractivity contribution in [2.24, 2.45) is 0 Å². The molecule has 200 valence electrons. The Morgan fingerprint density at radius 2 is 1.73 bits per heavy atom. The number of benzene rings is 3. The summed E-state index contributed by atoms with van der Waals surface area (Å²) in [6, 6.07) is 19.3. The highest BCUT2D eigenvalue weighted by Gasteiger charge is 2.21. The molecular formula is C30H24ClFN6O2. The Bertz CT molecular complexity index is 1760. The van der Waals surface area contributed by atoms with Gasteiger partial charge in [0.1, 0.15) is 10.8 Å². The predicted molar refractivity (Wildman–Crippen MR) is 155 cm³/mol. The van der Waals surface area contributed by atoms with Crippen molar-refractivity contribution in [2.45, 2.75) is 13.8 Å². The number of carbonyl (C=O) groups excluding carboxylic acids is 2. The first-order valence-electron chi connectivity index (χ1n) is 12.3. The predicted octanol–water partition coefficient (Wildman–Crippen LogP) is 6.58. The monoisotopic (exact) mass is 554 g/mol. The molecule has 2 amide bonds. The van der Waals surface area contributed by atoms with E-state index in [4.69, 9.17) is 11.6 Å². The van der Waals surface area contributed by atoms with Crippen LogP contribution in [0.3, 0.4) is 0 Å². The van der Waals surface area contributed by atoms with Crippen LogP contribution in [0.25, 0.3) is 22.0 Å². The molecule has 2 heterocycles. The Labute approximate surface area is 234 Å². The number of nitrogens with one attached hydrogen (secondary N) is 2. The molecule has 2 N–H and O–H groups in total. The van der Waals surface area contributed by atoms with Crippen molar-refractivity contribution in [2.75, 3.05) is 17.3 Å². The highest BCUT2D eigenvalue weighted by Crippen LogP contribution is 2.34. The van der Waals surface area contributed by atoms with Gasteiger partial charge in [0.05, 0.1) is 29.3 Å². The van der Waals surface area contributed by atoms with Crippen LogP contribution in [0, 0.1) is 12.7 Å². The molecule has 0 fully saturated rings. The number of aryl methyl sites for hydroxylation is 1. The van der Waals surface area contributed by atoms with Gasteiger partial charge in [-0.3, -0.25) is 19.5 Å². The summed E-state index contributed by atoms with van der Waals surface area (Å²) in [6.45, 7) is 3.24. The minimum absolute atomic E-state index is 0.0559. The van der Waals surface area contributed by atoms with Crippen LogP contribution in [-0.4, -0.2) is 33.8 Å². The second kappa shape index (κ2) is 11.1. The maximum absolute atomic E-state index is 15.3. The summed E-state index contributed by atoms with van der Waals surface area (Å²) in [4.78, 5) is 39.0. The van der Waals surface area contributed by atoms with Crippen molar-refractivity contribution in [3.63, 3.8) is 0 Å². The molecule has 0 saturated carbocycles. The molecule has 40 heavy (non-hydrogen) atoms. The number of nitrogens with zero attached hydrogens (tertiary/aromatic N) is 4. The Morgan fingerprint density at radius 3 is 2.45 bits per heavy atom. The third-order valence-corrected chi connectivity index (χ3v) is 6.60. The van der Waals surface area contributed by atoms with Crippen molar-refractivity contribution >= 4 is 57.5 Å². The normalized spacial score (nSPS) is 10.8. The zero-order valence-electron chi connectivity index (χ0n) is 21.9. The molecule has 0 atom stereocenters. The fourth-order valence-electron chi connectivity index (χ4n) is 4.36. The van der Waals surface area contributed by atoms with Crippen LogP contribution in [0.1, 0.15) is 22.8 Å². The summed E-state index contributed by atoms with van der Waals surface area (Å²) in [6.07, 6.45) is 2.92. The van der Waals surface area contributed by atoms with Gasteiger partial charge in [-0.05, 0) is 60.0 Å². The van der Waals surface area contributed by atoms with E-state index < -0.39 is 5.82 Å². The lowest BCUT2D eigenvalue weighted by atomic mass is 9.98. The molecule has 5 rings (SSSR count). The van der Waals surface area contributed by atoms with Gasteiger partial charge in [0.15, 0.2) is 5.82 Å². The fraction of sp³-hybridized carbons (Fsp3) is 0.100. The van der Waals surface area contributed by atoms with Crippen molar-refractivity contribution in [3.8, 4) is 11.1 Å². The third kappa shape index (κ3) is 5.32. The van der Waals surface area contributed by atoms with Crippen molar-refractivity contribution in [1.82, 2.24) is 20.3 Å². The van der Waals surface area contributed by atoms with E-state index in [1.165, 1.54) is 24.1 Å². The molecule has 5 aromatic rings. The molecular weight excluding hydrogens is 531 g/mol. The van der Waals surface area contributed by atoms with Crippen LogP contribution >= 0.6 is 11.6 Å². The Balaban J connectivity index is 1.46. The van der Waals surface area contributed by atoms with Crippen molar-refractivity contribution < 1.29 is 14.0 Å². The van der Waals surface area contributed by atoms with Gasteiger partial charge in [-0.15, -0.1) is 0 Å². The number of fused-ring (bicyclic) bond motifs is 1. The molecule has 3 aromatic carbocycles. The second-order valence-electron chi connectivity index (χ2n) is 9.03. The smallest absolute Gasteiger partial charge is 0.251 e. The molecule has 0 unspecified atom stereocenters. The largest absolute Gasteiger partial charge is 0.355 e. The summed E-state index contributed by atoms with van der Waals surface area (Å²) in [5.74, 6) is -0.874. The first-order chi connectivity index (χ1) is 19.2. The number of pyridine rings is 1. The molecule has 10 heteroatoms. The van der Waals surface area contributed by atoms with Gasteiger partial charge in [0.25, 0.3) is 5.91 Å². The van der Waals surface area contributed by atoms with E-state index in [1.54, 1.807) is 43.6 Å². The van der Waals surface area contributed by atoms with Gasteiger partial charge in [-0.25, -0.2) is 9.37 Å². The lowest BCUT2D eigenvalue weighted by molar-refractivity contribution is -0.115. The highest BCUT2D eigenvalue weighted by atomic mass is 35.5. The summed E-state index contributed by atoms with van der Waals surface area (Å²) >= 11 is 6.42. The quantitative estimate of drug-likeness (QED) is 0.246. The van der Waals surface area contributed by atoms with E-state index in [1.807, 2.05) is 37.3 Å². The van der Waals surface area contributed by atoms with Crippen LogP contribution in [0.2, 0.25) is 5.02 Å². The summed E-state index contributed by atoms with van der Waals surface area (Å²) < 4.78 is 15.3. The molecule has 0 radical (unpaired) electrons. The zero-order chi connectivity index (χ0) is 28.4. The number of aromatic nitrogens is 3. The van der Waals surface area contributed by atoms with Gasteiger partial charge < -0.3 is 10.6 Å². The summed E-state index contributed by atoms with van der Waals surface area (Å²) in [5.41, 5.74) is 4.15. The number of anilines is 4. The number of rotatable bonds is 6. The number of para-hydroxylation sites is 1. The van der Waals surface area contributed by atoms with Gasteiger partial charge in [0.2, 0.25) is 11.9 Å². The maximum atomic E-state index is 15.3. The Kier molecular flexibility index (Phi) is 7.39. The SMILES string of the molecule is CNC(=O)c1ccc(-c2cc(F)c(Nc3ncc(Cl)c(N(C(C)=O)c4cnc5ccccc5c4)n3)cc2C)cc1. The molecule has 0 spiro atoms. The van der Waals surface area contributed by atoms with E-state index in [0.29, 0.717) is 16.8 Å². The molecule has 0 saturated heterocycles. The van der Waals surface area contributed by atoms with Gasteiger partial charge in [-0.1, -0.05) is 41.9 Å². The average molecular weight is 555 g/mol. The van der Waals surface area contributed by atoms with E-state index in [-0.39, 0.29) is 34.3 Å². The van der Waals surface area contributed by atoms with Crippen LogP contribution in [-0.2, 0) is 4.79 Å². The summed E-state index contributed by atoms with van der Waals surface area (Å²) in [5, 5.41) is 6.46. The number of halogens is 2. The van der Waals surface area contributed by atoms with E-state index in [9.17, 15) is 9.59 Å². The van der Waals surface area contributed by atoms with Crippen molar-refractivity contribution in [1.29, 1.82) is 0 Å². The fourth-order valence-corrected chi connectivity index (χ4v) is 4.54. The molecule has 8 nitrogen and oxygen atoms in total. The topological polar surface area (TPSA) is 100 Å². The molecule has 0 aliphatic heterocycles. The Hall–Kier alpha value is -4.89. The summed E-state index contributed by atoms with van der Waals surface area (Å²) in [7, 11) is 1.56. The highest BCUT2D eigenvalue weighted by molar-refractivity contribution is 6.33. The van der Waals surface area contributed by atoms with E-state index >= 15 is 4.39 Å². The molecule has 0 aliphatic rings. The van der Waals surface area contributed by atoms with Crippen LogP contribution in [0.15, 0.2) is 79.1 Å². The second-order valence-corrected chi connectivity index (χ2v) is 9.44. The maximum Gasteiger partial charge on any atom is 0.251 e. The first-order valence-corrected chi connectivity index (χ1v) is 12.7. The van der Waals surface area contributed by atoms with Gasteiger partial charge in [-0.2, -0.15) is 4.98 Å². The minimum Gasteiger partial charge on any atom is -0.355 e. The van der Waals surface area contributed by atoms with E-state index in [2.05, 4.69) is 25.6 Å². The van der Waals surface area contributed by atoms with Crippen LogP contribution < -0.4 is 15.5 Å². The molecule has 2 aromatic heterocycles. The van der Waals surface area contributed by atoms with Crippen LogP contribution in [0.4, 0.5) is 27.5 Å². The molecule has 0 aliphatic carbocycles. The van der Waals surface area contributed by atoms with Crippen LogP contribution in [0.5, 0.6) is 0 Å². The number of hydrogen-bond acceptors (Lipinski definition) is 6. The standard InChI is InChI=1S/C30H24ClFN6O2/c1-17-12-27(25(32)14-23(17)19-8-10-20(11-9-19)29(40)33-3)36-30-35-16-24(31)28(37-30)38(18(2)39)22-13-21-6-4-5-7-26(21)34-15-22/h4-16H,1-3H3,(H,33,40)(H,35,36,37). The number of amides is 2. The van der Waals surface area contributed by atoms with Crippen molar-refractivity contribution in [3.05, 3.63) is 101 Å². The Morgan fingerprint density at radius 1 is 0.975 bits per heavy atom. The lowest BCUT2D eigenvalue weighted by Crippen LogP contribution is -2.24. The third-order valence-electron chi connectivity index (χ3n) is 6.33. The van der Waals surface area contributed by atoms with Gasteiger partial charge >= 0.3 is 0 Å². The number of carbonyl (C=O) groups is 2. The first kappa shape index (κ1) is 26.7. The van der Waals surface area contributed by atoms with E-state index in [0.717, 1.165) is 22.0 Å². The van der Waals surface area contributed by atoms with Gasteiger partial charge in [0, 0.05) is 24.9 Å². The molecule has 0 bridgehead atoms. The zero-order valence-corrected chi connectivity index (χ0v) is 22.6. The lowest BCUT2D eigenvalue weighted by Gasteiger charge is -2.22.